The van der Waals surface area contributed by atoms with Crippen LogP contribution in [0.2, 0.25) is 4.34 Å². The molecule has 1 aliphatic heterocycles. The van der Waals surface area contributed by atoms with Crippen LogP contribution in [-0.2, 0) is 4.79 Å². The molecular formula is C15H14ClFN4OS. The minimum atomic E-state index is -0.340. The third-order valence-corrected chi connectivity index (χ3v) is 4.44. The highest BCUT2D eigenvalue weighted by atomic mass is 35.5. The zero-order valence-corrected chi connectivity index (χ0v) is 13.8. The van der Waals surface area contributed by atoms with Crippen LogP contribution in [0.3, 0.4) is 0 Å². The molecule has 3 N–H and O–H groups in total. The van der Waals surface area contributed by atoms with Crippen molar-refractivity contribution in [2.45, 2.75) is 13.1 Å². The van der Waals surface area contributed by atoms with Crippen molar-refractivity contribution in [1.82, 2.24) is 10.9 Å². The van der Waals surface area contributed by atoms with E-state index in [0.717, 1.165) is 10.6 Å². The van der Waals surface area contributed by atoms with Crippen molar-refractivity contribution in [2.75, 3.05) is 11.9 Å². The average Bonchev–Trinajstić information content (AvgIpc) is 2.78. The van der Waals surface area contributed by atoms with E-state index in [1.807, 2.05) is 0 Å². The minimum absolute atomic E-state index is 0.209. The number of halogens is 2. The maximum atomic E-state index is 14.2. The van der Waals surface area contributed by atoms with Gasteiger partial charge in [-0.3, -0.25) is 15.2 Å². The molecule has 5 nitrogen and oxygen atoms in total. The van der Waals surface area contributed by atoms with Gasteiger partial charge >= 0.3 is 0 Å². The first-order chi connectivity index (χ1) is 11.0. The Bertz CT molecular complexity index is 777. The maximum Gasteiger partial charge on any atom is 0.231 e. The summed E-state index contributed by atoms with van der Waals surface area (Å²) in [6.07, 6.45) is -0.323. The largest absolute Gasteiger partial charge is 0.358 e. The number of hydrogen-bond acceptors (Lipinski definition) is 5. The van der Waals surface area contributed by atoms with Gasteiger partial charge in [0.1, 0.15) is 17.0 Å². The second-order valence-electron chi connectivity index (χ2n) is 4.98. The minimum Gasteiger partial charge on any atom is -0.358 e. The predicted molar refractivity (Wildman–Crippen MR) is 90.6 cm³/mol. The number of hydrogen-bond donors (Lipinski definition) is 3. The van der Waals surface area contributed by atoms with Gasteiger partial charge in [-0.1, -0.05) is 23.7 Å². The van der Waals surface area contributed by atoms with Gasteiger partial charge in [0, 0.05) is 18.1 Å². The smallest absolute Gasteiger partial charge is 0.231 e. The summed E-state index contributed by atoms with van der Waals surface area (Å²) in [5.41, 5.74) is 7.08. The van der Waals surface area contributed by atoms with E-state index in [4.69, 9.17) is 11.6 Å². The number of aliphatic imine (C=N–C) groups is 1. The lowest BCUT2D eigenvalue weighted by atomic mass is 10.0. The molecule has 1 unspecified atom stereocenters. The number of nitrogens with zero attached hydrogens (tertiary/aromatic N) is 1. The number of fused-ring (bicyclic) bond motifs is 1. The number of rotatable bonds is 3. The number of nitrogens with one attached hydrogen (secondary N) is 3. The average molecular weight is 353 g/mol. The normalized spacial score (nSPS) is 16.8. The van der Waals surface area contributed by atoms with Gasteiger partial charge in [-0.05, 0) is 18.2 Å². The molecule has 0 fully saturated rings. The molecular weight excluding hydrogens is 339 g/mol. The molecule has 1 aliphatic rings. The molecule has 1 atom stereocenters. The molecule has 1 amide bonds. The second-order valence-corrected chi connectivity index (χ2v) is 6.67. The molecule has 3 rings (SSSR count). The van der Waals surface area contributed by atoms with Gasteiger partial charge in [-0.25, -0.2) is 9.82 Å². The number of hydrazine groups is 1. The highest BCUT2D eigenvalue weighted by Gasteiger charge is 2.23. The Morgan fingerprint density at radius 3 is 2.96 bits per heavy atom. The summed E-state index contributed by atoms with van der Waals surface area (Å²) in [7, 11) is 0. The van der Waals surface area contributed by atoms with Gasteiger partial charge in [-0.2, -0.15) is 0 Å². The van der Waals surface area contributed by atoms with E-state index in [9.17, 15) is 9.18 Å². The Morgan fingerprint density at radius 1 is 1.43 bits per heavy atom. The van der Waals surface area contributed by atoms with Crippen LogP contribution in [0, 0.1) is 5.82 Å². The molecule has 1 aromatic carbocycles. The highest BCUT2D eigenvalue weighted by Crippen LogP contribution is 2.35. The summed E-state index contributed by atoms with van der Waals surface area (Å²) in [5.74, 6) is -0.549. The summed E-state index contributed by atoms with van der Waals surface area (Å²) in [6, 6.07) is 8.25. The summed E-state index contributed by atoms with van der Waals surface area (Å²) < 4.78 is 14.7. The first-order valence-electron chi connectivity index (χ1n) is 6.92. The number of anilines is 1. The fourth-order valence-electron chi connectivity index (χ4n) is 2.27. The fraction of sp³-hybridized carbons (Fsp3) is 0.200. The number of carbonyl (C=O) groups is 1. The van der Waals surface area contributed by atoms with Crippen molar-refractivity contribution in [2.24, 2.45) is 4.99 Å². The van der Waals surface area contributed by atoms with Crippen LogP contribution in [0.15, 0.2) is 35.3 Å². The van der Waals surface area contributed by atoms with E-state index in [1.54, 1.807) is 24.3 Å². The molecule has 0 spiro atoms. The Kier molecular flexibility index (Phi) is 4.61. The SMILES string of the molecule is CC(=O)NNC1CN=C(c2ccccc2F)c2cc(Cl)sc2N1. The Morgan fingerprint density at radius 2 is 2.22 bits per heavy atom. The van der Waals surface area contributed by atoms with Crippen molar-refractivity contribution >= 4 is 39.6 Å². The molecule has 23 heavy (non-hydrogen) atoms. The first-order valence-corrected chi connectivity index (χ1v) is 8.11. The van der Waals surface area contributed by atoms with Crippen LogP contribution in [0.25, 0.3) is 0 Å². The van der Waals surface area contributed by atoms with E-state index in [1.165, 1.54) is 24.3 Å². The Labute approximate surface area is 141 Å². The molecule has 0 radical (unpaired) electrons. The lowest BCUT2D eigenvalue weighted by molar-refractivity contribution is -0.120. The Hall–Kier alpha value is -1.96. The molecule has 0 saturated carbocycles. The predicted octanol–water partition coefficient (Wildman–Crippen LogP) is 2.77. The summed E-state index contributed by atoms with van der Waals surface area (Å²) in [4.78, 5) is 15.6. The lowest BCUT2D eigenvalue weighted by Crippen LogP contribution is -2.48. The molecule has 0 saturated heterocycles. The van der Waals surface area contributed by atoms with Crippen LogP contribution in [0.1, 0.15) is 18.1 Å². The van der Waals surface area contributed by atoms with Crippen LogP contribution >= 0.6 is 22.9 Å². The number of amides is 1. The number of carbonyl (C=O) groups excluding carboxylic acids is 1. The third kappa shape index (κ3) is 3.52. The van der Waals surface area contributed by atoms with Gasteiger partial charge in [0.05, 0.1) is 16.6 Å². The fourth-order valence-corrected chi connectivity index (χ4v) is 3.45. The first kappa shape index (κ1) is 15.9. The van der Waals surface area contributed by atoms with Crippen LogP contribution in [0.4, 0.5) is 9.39 Å². The van der Waals surface area contributed by atoms with E-state index in [2.05, 4.69) is 21.2 Å². The van der Waals surface area contributed by atoms with E-state index >= 15 is 0 Å². The zero-order valence-electron chi connectivity index (χ0n) is 12.2. The monoisotopic (exact) mass is 352 g/mol. The van der Waals surface area contributed by atoms with Crippen molar-refractivity contribution in [3.05, 3.63) is 51.6 Å². The molecule has 0 bridgehead atoms. The van der Waals surface area contributed by atoms with Gasteiger partial charge in [0.25, 0.3) is 0 Å². The Balaban J connectivity index is 1.99. The van der Waals surface area contributed by atoms with E-state index in [-0.39, 0.29) is 17.9 Å². The topological polar surface area (TPSA) is 65.5 Å². The summed E-state index contributed by atoms with van der Waals surface area (Å²) in [6.45, 7) is 1.73. The standard InChI is InChI=1S/C15H14ClFN4OS/c1-8(22)20-21-13-7-18-14(9-4-2-3-5-11(9)17)10-6-12(16)23-15(10)19-13/h2-6,13,19,21H,7H2,1H3,(H,20,22). The van der Waals surface area contributed by atoms with Crippen molar-refractivity contribution in [3.63, 3.8) is 0 Å². The van der Waals surface area contributed by atoms with Crippen LogP contribution in [-0.4, -0.2) is 24.3 Å². The van der Waals surface area contributed by atoms with Crippen molar-refractivity contribution in [1.29, 1.82) is 0 Å². The maximum absolute atomic E-state index is 14.2. The summed E-state index contributed by atoms with van der Waals surface area (Å²) >= 11 is 7.46. The molecule has 2 aromatic rings. The third-order valence-electron chi connectivity index (χ3n) is 3.25. The van der Waals surface area contributed by atoms with E-state index < -0.39 is 0 Å². The van der Waals surface area contributed by atoms with Gasteiger partial charge < -0.3 is 5.32 Å². The lowest BCUT2D eigenvalue weighted by Gasteiger charge is -2.17. The quantitative estimate of drug-likeness (QED) is 0.744. The molecule has 8 heteroatoms. The highest BCUT2D eigenvalue weighted by molar-refractivity contribution is 7.20. The van der Waals surface area contributed by atoms with Crippen LogP contribution in [0.5, 0.6) is 0 Å². The van der Waals surface area contributed by atoms with Crippen molar-refractivity contribution in [3.8, 4) is 0 Å². The van der Waals surface area contributed by atoms with Gasteiger partial charge in [0.15, 0.2) is 0 Å². The summed E-state index contributed by atoms with van der Waals surface area (Å²) in [5, 5.41) is 4.00. The zero-order chi connectivity index (χ0) is 16.4. The molecule has 2 heterocycles. The van der Waals surface area contributed by atoms with Crippen molar-refractivity contribution < 1.29 is 9.18 Å². The van der Waals surface area contributed by atoms with Crippen LogP contribution < -0.4 is 16.2 Å². The van der Waals surface area contributed by atoms with Gasteiger partial charge in [0.2, 0.25) is 5.91 Å². The second kappa shape index (κ2) is 6.66. The number of benzene rings is 1. The number of thiophene rings is 1. The van der Waals surface area contributed by atoms with Gasteiger partial charge in [-0.15, -0.1) is 11.3 Å². The van der Waals surface area contributed by atoms with E-state index in [0.29, 0.717) is 22.2 Å². The molecule has 0 aliphatic carbocycles. The molecule has 1 aromatic heterocycles. The molecule has 120 valence electrons.